The summed E-state index contributed by atoms with van der Waals surface area (Å²) in [6.07, 6.45) is 0. The van der Waals surface area contributed by atoms with Crippen LogP contribution >= 0.6 is 0 Å². The van der Waals surface area contributed by atoms with Gasteiger partial charge in [0.1, 0.15) is 17.5 Å². The monoisotopic (exact) mass is 222 g/mol. The third-order valence-corrected chi connectivity index (χ3v) is 2.70. The Labute approximate surface area is 98.1 Å². The lowest BCUT2D eigenvalue weighted by Gasteiger charge is -2.28. The molecular weight excluding hydrogens is 200 g/mol. The number of hydrogen-bond acceptors (Lipinski definition) is 4. The van der Waals surface area contributed by atoms with Crippen LogP contribution in [0.1, 0.15) is 32.2 Å². The standard InChI is InChI=1S/C12H22N4/c1-7-16(8(2)3)12-9(4)11(13-6)14-10(5)15-12/h8H,7H2,1-6H3,(H,13,14,15). The molecule has 1 aromatic rings. The highest BCUT2D eigenvalue weighted by atomic mass is 15.2. The molecule has 0 aliphatic rings. The molecule has 1 N–H and O–H groups in total. The Morgan fingerprint density at radius 1 is 1.25 bits per heavy atom. The number of aryl methyl sites for hydroxylation is 1. The van der Waals surface area contributed by atoms with Crippen molar-refractivity contribution in [3.05, 3.63) is 11.4 Å². The summed E-state index contributed by atoms with van der Waals surface area (Å²) in [5.74, 6) is 2.76. The van der Waals surface area contributed by atoms with E-state index in [1.165, 1.54) is 0 Å². The molecule has 0 aromatic carbocycles. The van der Waals surface area contributed by atoms with E-state index in [2.05, 4.69) is 47.9 Å². The van der Waals surface area contributed by atoms with Gasteiger partial charge in [0.2, 0.25) is 0 Å². The zero-order valence-corrected chi connectivity index (χ0v) is 11.1. The molecule has 0 atom stereocenters. The fourth-order valence-electron chi connectivity index (χ4n) is 1.90. The summed E-state index contributed by atoms with van der Waals surface area (Å²) < 4.78 is 0. The summed E-state index contributed by atoms with van der Waals surface area (Å²) >= 11 is 0. The maximum Gasteiger partial charge on any atom is 0.137 e. The van der Waals surface area contributed by atoms with Gasteiger partial charge >= 0.3 is 0 Å². The highest BCUT2D eigenvalue weighted by Crippen LogP contribution is 2.24. The molecule has 1 rings (SSSR count). The van der Waals surface area contributed by atoms with Gasteiger partial charge in [0.05, 0.1) is 0 Å². The molecule has 16 heavy (non-hydrogen) atoms. The highest BCUT2D eigenvalue weighted by Gasteiger charge is 2.15. The Bertz CT molecular complexity index is 360. The SMILES string of the molecule is CCN(c1nc(C)nc(NC)c1C)C(C)C. The van der Waals surface area contributed by atoms with E-state index in [4.69, 9.17) is 0 Å². The van der Waals surface area contributed by atoms with Gasteiger partial charge in [-0.25, -0.2) is 9.97 Å². The smallest absolute Gasteiger partial charge is 0.137 e. The van der Waals surface area contributed by atoms with Crippen molar-refractivity contribution in [3.8, 4) is 0 Å². The van der Waals surface area contributed by atoms with Gasteiger partial charge in [-0.2, -0.15) is 0 Å². The van der Waals surface area contributed by atoms with E-state index < -0.39 is 0 Å². The minimum atomic E-state index is 0.447. The molecule has 90 valence electrons. The van der Waals surface area contributed by atoms with Crippen molar-refractivity contribution < 1.29 is 0 Å². The van der Waals surface area contributed by atoms with Crippen molar-refractivity contribution >= 4 is 11.6 Å². The second kappa shape index (κ2) is 5.14. The summed E-state index contributed by atoms with van der Waals surface area (Å²) in [4.78, 5) is 11.2. The zero-order chi connectivity index (χ0) is 12.3. The van der Waals surface area contributed by atoms with Crippen LogP contribution in [-0.2, 0) is 0 Å². The minimum Gasteiger partial charge on any atom is -0.373 e. The first kappa shape index (κ1) is 12.7. The largest absolute Gasteiger partial charge is 0.373 e. The minimum absolute atomic E-state index is 0.447. The topological polar surface area (TPSA) is 41.1 Å². The lowest BCUT2D eigenvalue weighted by atomic mass is 10.2. The van der Waals surface area contributed by atoms with Crippen LogP contribution in [0.25, 0.3) is 0 Å². The van der Waals surface area contributed by atoms with Crippen molar-refractivity contribution in [2.45, 2.75) is 40.7 Å². The highest BCUT2D eigenvalue weighted by molar-refractivity contribution is 5.58. The van der Waals surface area contributed by atoms with E-state index in [1.807, 2.05) is 14.0 Å². The first-order valence-corrected chi connectivity index (χ1v) is 5.80. The molecule has 0 fully saturated rings. The Morgan fingerprint density at radius 2 is 1.88 bits per heavy atom. The molecule has 0 aliphatic carbocycles. The molecule has 0 saturated carbocycles. The normalized spacial score (nSPS) is 10.7. The van der Waals surface area contributed by atoms with Crippen molar-refractivity contribution in [2.75, 3.05) is 23.8 Å². The first-order valence-electron chi connectivity index (χ1n) is 5.80. The predicted octanol–water partition coefficient (Wildman–Crippen LogP) is 2.37. The molecule has 0 amide bonds. The van der Waals surface area contributed by atoms with Crippen molar-refractivity contribution in [1.82, 2.24) is 9.97 Å². The van der Waals surface area contributed by atoms with Crippen LogP contribution in [0, 0.1) is 13.8 Å². The maximum atomic E-state index is 4.55. The van der Waals surface area contributed by atoms with Crippen LogP contribution < -0.4 is 10.2 Å². The van der Waals surface area contributed by atoms with Crippen LogP contribution in [0.3, 0.4) is 0 Å². The molecule has 0 bridgehead atoms. The molecule has 1 aromatic heterocycles. The summed E-state index contributed by atoms with van der Waals surface area (Å²) in [7, 11) is 1.89. The molecule has 0 radical (unpaired) electrons. The number of nitrogens with zero attached hydrogens (tertiary/aromatic N) is 3. The van der Waals surface area contributed by atoms with Crippen LogP contribution in [-0.4, -0.2) is 29.6 Å². The van der Waals surface area contributed by atoms with E-state index in [0.717, 1.165) is 29.6 Å². The summed E-state index contributed by atoms with van der Waals surface area (Å²) in [6, 6.07) is 0.447. The second-order valence-corrected chi connectivity index (χ2v) is 4.20. The Hall–Kier alpha value is -1.32. The van der Waals surface area contributed by atoms with E-state index in [9.17, 15) is 0 Å². The molecule has 0 saturated heterocycles. The number of anilines is 2. The average Bonchev–Trinajstić information content (AvgIpc) is 2.23. The van der Waals surface area contributed by atoms with E-state index in [0.29, 0.717) is 6.04 Å². The predicted molar refractivity (Wildman–Crippen MR) is 69.2 cm³/mol. The number of hydrogen-bond donors (Lipinski definition) is 1. The van der Waals surface area contributed by atoms with Crippen molar-refractivity contribution in [3.63, 3.8) is 0 Å². The molecule has 1 heterocycles. The number of aromatic nitrogens is 2. The van der Waals surface area contributed by atoms with E-state index in [1.54, 1.807) is 0 Å². The second-order valence-electron chi connectivity index (χ2n) is 4.20. The quantitative estimate of drug-likeness (QED) is 0.849. The molecule has 4 nitrogen and oxygen atoms in total. The zero-order valence-electron chi connectivity index (χ0n) is 11.1. The van der Waals surface area contributed by atoms with Gasteiger partial charge in [-0.3, -0.25) is 0 Å². The van der Waals surface area contributed by atoms with E-state index >= 15 is 0 Å². The Kier molecular flexibility index (Phi) is 4.10. The van der Waals surface area contributed by atoms with Crippen molar-refractivity contribution in [1.29, 1.82) is 0 Å². The lowest BCUT2D eigenvalue weighted by molar-refractivity contribution is 0.687. The number of rotatable bonds is 4. The summed E-state index contributed by atoms with van der Waals surface area (Å²) in [5, 5.41) is 3.12. The van der Waals surface area contributed by atoms with Gasteiger partial charge in [-0.15, -0.1) is 0 Å². The fraction of sp³-hybridized carbons (Fsp3) is 0.667. The molecule has 4 heteroatoms. The molecule has 0 unspecified atom stereocenters. The van der Waals surface area contributed by atoms with Crippen LogP contribution in [0.4, 0.5) is 11.6 Å². The fourth-order valence-corrected chi connectivity index (χ4v) is 1.90. The molecular formula is C12H22N4. The van der Waals surface area contributed by atoms with Gasteiger partial charge in [0.25, 0.3) is 0 Å². The van der Waals surface area contributed by atoms with Gasteiger partial charge in [-0.1, -0.05) is 0 Å². The summed E-state index contributed by atoms with van der Waals surface area (Å²) in [6.45, 7) is 11.5. The third-order valence-electron chi connectivity index (χ3n) is 2.70. The lowest BCUT2D eigenvalue weighted by Crippen LogP contribution is -2.32. The molecule has 0 aliphatic heterocycles. The van der Waals surface area contributed by atoms with Crippen LogP contribution in [0.2, 0.25) is 0 Å². The van der Waals surface area contributed by atoms with Gasteiger partial charge in [0, 0.05) is 25.2 Å². The van der Waals surface area contributed by atoms with Crippen LogP contribution in [0.15, 0.2) is 0 Å². The van der Waals surface area contributed by atoms with Gasteiger partial charge < -0.3 is 10.2 Å². The van der Waals surface area contributed by atoms with Gasteiger partial charge in [-0.05, 0) is 34.6 Å². The molecule has 0 spiro atoms. The van der Waals surface area contributed by atoms with Gasteiger partial charge in [0.15, 0.2) is 0 Å². The Morgan fingerprint density at radius 3 is 2.31 bits per heavy atom. The number of nitrogens with one attached hydrogen (secondary N) is 1. The van der Waals surface area contributed by atoms with E-state index in [-0.39, 0.29) is 0 Å². The van der Waals surface area contributed by atoms with Crippen LogP contribution in [0.5, 0.6) is 0 Å². The van der Waals surface area contributed by atoms with Crippen molar-refractivity contribution in [2.24, 2.45) is 0 Å². The maximum absolute atomic E-state index is 4.55. The summed E-state index contributed by atoms with van der Waals surface area (Å²) in [5.41, 5.74) is 1.11. The first-order chi connectivity index (χ1) is 7.51. The third kappa shape index (κ3) is 2.43. The average molecular weight is 222 g/mol. The Balaban J connectivity index is 3.26.